The van der Waals surface area contributed by atoms with Crippen molar-refractivity contribution in [1.82, 2.24) is 5.16 Å². The predicted molar refractivity (Wildman–Crippen MR) is 116 cm³/mol. The zero-order valence-corrected chi connectivity index (χ0v) is 17.4. The fraction of sp³-hybridized carbons (Fsp3) is 0.292. The van der Waals surface area contributed by atoms with Gasteiger partial charge in [-0.2, -0.15) is 0 Å². The van der Waals surface area contributed by atoms with Crippen LogP contribution in [0.3, 0.4) is 0 Å². The summed E-state index contributed by atoms with van der Waals surface area (Å²) in [6, 6.07) is 18.9. The zero-order chi connectivity index (χ0) is 21.3. The third kappa shape index (κ3) is 3.49. The van der Waals surface area contributed by atoms with Crippen LogP contribution < -0.4 is 9.80 Å². The monoisotopic (exact) mass is 403 g/mol. The van der Waals surface area contributed by atoms with Crippen molar-refractivity contribution < 1.29 is 14.1 Å². The molecule has 0 saturated carbocycles. The Morgan fingerprint density at radius 1 is 1.13 bits per heavy atom. The standard InChI is InChI=1S/C24H25N3O3/c1-4-23(28)27(18-10-6-5-7-11-18)21-15-17(3)26(20-13-9-8-12-19(20)21)24(29)22-14-16(2)25-30-22/h5-14,17,21H,4,15H2,1-3H3/t17-,21+/m0/s1. The van der Waals surface area contributed by atoms with Crippen LogP contribution in [0, 0.1) is 6.92 Å². The molecule has 0 bridgehead atoms. The summed E-state index contributed by atoms with van der Waals surface area (Å²) in [5.41, 5.74) is 3.27. The zero-order valence-electron chi connectivity index (χ0n) is 17.4. The summed E-state index contributed by atoms with van der Waals surface area (Å²) in [5.74, 6) is 0.0538. The number of benzene rings is 2. The van der Waals surface area contributed by atoms with Crippen LogP contribution in [0.5, 0.6) is 0 Å². The van der Waals surface area contributed by atoms with E-state index in [1.54, 1.807) is 17.9 Å². The quantitative estimate of drug-likeness (QED) is 0.621. The molecule has 1 aliphatic heterocycles. The molecule has 154 valence electrons. The fourth-order valence-electron chi connectivity index (χ4n) is 4.18. The number of aryl methyl sites for hydroxylation is 1. The molecule has 2 atom stereocenters. The van der Waals surface area contributed by atoms with Crippen LogP contribution in [0.2, 0.25) is 0 Å². The number of rotatable bonds is 4. The normalized spacial score (nSPS) is 18.0. The number of aromatic nitrogens is 1. The van der Waals surface area contributed by atoms with Gasteiger partial charge in [0, 0.05) is 29.9 Å². The summed E-state index contributed by atoms with van der Waals surface area (Å²) in [6.45, 7) is 5.67. The van der Waals surface area contributed by atoms with Crippen molar-refractivity contribution in [3.05, 3.63) is 77.7 Å². The van der Waals surface area contributed by atoms with Gasteiger partial charge in [0.05, 0.1) is 11.7 Å². The Morgan fingerprint density at radius 2 is 1.83 bits per heavy atom. The summed E-state index contributed by atoms with van der Waals surface area (Å²) >= 11 is 0. The van der Waals surface area contributed by atoms with Crippen LogP contribution >= 0.6 is 0 Å². The van der Waals surface area contributed by atoms with Crippen LogP contribution in [-0.4, -0.2) is 23.0 Å². The van der Waals surface area contributed by atoms with Crippen LogP contribution in [0.25, 0.3) is 0 Å². The van der Waals surface area contributed by atoms with E-state index in [9.17, 15) is 9.59 Å². The Hall–Kier alpha value is -3.41. The van der Waals surface area contributed by atoms with E-state index in [1.807, 2.05) is 73.3 Å². The number of para-hydroxylation sites is 2. The number of anilines is 2. The molecule has 0 unspecified atom stereocenters. The summed E-state index contributed by atoms with van der Waals surface area (Å²) in [5, 5.41) is 3.86. The Labute approximate surface area is 176 Å². The topological polar surface area (TPSA) is 66.7 Å². The molecule has 0 saturated heterocycles. The first-order valence-corrected chi connectivity index (χ1v) is 10.2. The van der Waals surface area contributed by atoms with Gasteiger partial charge < -0.3 is 14.3 Å². The van der Waals surface area contributed by atoms with Crippen molar-refractivity contribution in [3.63, 3.8) is 0 Å². The van der Waals surface area contributed by atoms with Gasteiger partial charge in [0.1, 0.15) is 0 Å². The summed E-state index contributed by atoms with van der Waals surface area (Å²) in [6.07, 6.45) is 1.03. The van der Waals surface area contributed by atoms with Crippen LogP contribution in [0.1, 0.15) is 54.5 Å². The number of hydrogen-bond acceptors (Lipinski definition) is 4. The van der Waals surface area contributed by atoms with Crippen molar-refractivity contribution in [2.45, 2.75) is 45.7 Å². The van der Waals surface area contributed by atoms with E-state index >= 15 is 0 Å². The molecule has 2 amide bonds. The fourth-order valence-corrected chi connectivity index (χ4v) is 4.18. The van der Waals surface area contributed by atoms with E-state index in [0.29, 0.717) is 18.5 Å². The van der Waals surface area contributed by atoms with Gasteiger partial charge in [0.25, 0.3) is 5.91 Å². The summed E-state index contributed by atoms with van der Waals surface area (Å²) in [7, 11) is 0. The minimum Gasteiger partial charge on any atom is -0.351 e. The molecule has 6 heteroatoms. The molecular formula is C24H25N3O3. The van der Waals surface area contributed by atoms with Gasteiger partial charge >= 0.3 is 0 Å². The number of fused-ring (bicyclic) bond motifs is 1. The molecule has 1 aromatic heterocycles. The van der Waals surface area contributed by atoms with E-state index < -0.39 is 0 Å². The predicted octanol–water partition coefficient (Wildman–Crippen LogP) is 4.91. The number of carbonyl (C=O) groups is 2. The molecule has 0 radical (unpaired) electrons. The lowest BCUT2D eigenvalue weighted by atomic mass is 9.89. The first-order chi connectivity index (χ1) is 14.5. The lowest BCUT2D eigenvalue weighted by Gasteiger charge is -2.43. The Balaban J connectivity index is 1.79. The molecular weight excluding hydrogens is 378 g/mol. The molecule has 2 aromatic carbocycles. The molecule has 3 aromatic rings. The van der Waals surface area contributed by atoms with Crippen molar-refractivity contribution in [2.75, 3.05) is 9.80 Å². The third-order valence-electron chi connectivity index (χ3n) is 5.54. The highest BCUT2D eigenvalue weighted by molar-refractivity contribution is 6.06. The Morgan fingerprint density at radius 3 is 2.50 bits per heavy atom. The smallest absolute Gasteiger partial charge is 0.297 e. The minimum atomic E-state index is -0.220. The van der Waals surface area contributed by atoms with E-state index in [4.69, 9.17) is 4.52 Å². The highest BCUT2D eigenvalue weighted by Crippen LogP contribution is 2.42. The molecule has 30 heavy (non-hydrogen) atoms. The van der Waals surface area contributed by atoms with Crippen molar-refractivity contribution in [2.24, 2.45) is 0 Å². The molecule has 0 N–H and O–H groups in total. The Kier molecular flexibility index (Phi) is 5.40. The second kappa shape index (κ2) is 8.14. The third-order valence-corrected chi connectivity index (χ3v) is 5.54. The molecule has 0 fully saturated rings. The summed E-state index contributed by atoms with van der Waals surface area (Å²) in [4.78, 5) is 29.9. The number of hydrogen-bond donors (Lipinski definition) is 0. The van der Waals surface area contributed by atoms with Gasteiger partial charge in [-0.25, -0.2) is 0 Å². The van der Waals surface area contributed by atoms with Crippen molar-refractivity contribution >= 4 is 23.2 Å². The highest BCUT2D eigenvalue weighted by Gasteiger charge is 2.39. The van der Waals surface area contributed by atoms with Gasteiger partial charge in [-0.05, 0) is 44.0 Å². The molecule has 0 aliphatic carbocycles. The van der Waals surface area contributed by atoms with Gasteiger partial charge in [0.15, 0.2) is 0 Å². The van der Waals surface area contributed by atoms with Crippen molar-refractivity contribution in [1.29, 1.82) is 0 Å². The second-order valence-corrected chi connectivity index (χ2v) is 7.62. The lowest BCUT2D eigenvalue weighted by Crippen LogP contribution is -2.47. The van der Waals surface area contributed by atoms with Crippen LogP contribution in [0.15, 0.2) is 65.2 Å². The van der Waals surface area contributed by atoms with Gasteiger partial charge in [0.2, 0.25) is 11.7 Å². The maximum atomic E-state index is 13.2. The van der Waals surface area contributed by atoms with E-state index in [1.165, 1.54) is 0 Å². The van der Waals surface area contributed by atoms with Crippen molar-refractivity contribution in [3.8, 4) is 0 Å². The van der Waals surface area contributed by atoms with Gasteiger partial charge in [-0.3, -0.25) is 9.59 Å². The average molecular weight is 403 g/mol. The maximum absolute atomic E-state index is 13.2. The van der Waals surface area contributed by atoms with E-state index in [0.717, 1.165) is 16.9 Å². The first-order valence-electron chi connectivity index (χ1n) is 10.2. The molecule has 4 rings (SSSR count). The largest absolute Gasteiger partial charge is 0.351 e. The number of carbonyl (C=O) groups excluding carboxylic acids is 2. The average Bonchev–Trinajstić information content (AvgIpc) is 3.20. The van der Waals surface area contributed by atoms with E-state index in [-0.39, 0.29) is 29.7 Å². The maximum Gasteiger partial charge on any atom is 0.297 e. The molecule has 0 spiro atoms. The van der Waals surface area contributed by atoms with Crippen LogP contribution in [0.4, 0.5) is 11.4 Å². The molecule has 2 heterocycles. The summed E-state index contributed by atoms with van der Waals surface area (Å²) < 4.78 is 5.24. The first kappa shape index (κ1) is 19.9. The van der Waals surface area contributed by atoms with E-state index in [2.05, 4.69) is 5.16 Å². The van der Waals surface area contributed by atoms with Gasteiger partial charge in [-0.15, -0.1) is 0 Å². The molecule has 6 nitrogen and oxygen atoms in total. The number of nitrogens with zero attached hydrogens (tertiary/aromatic N) is 3. The highest BCUT2D eigenvalue weighted by atomic mass is 16.5. The van der Waals surface area contributed by atoms with Crippen LogP contribution in [-0.2, 0) is 4.79 Å². The number of amides is 2. The second-order valence-electron chi connectivity index (χ2n) is 7.62. The van der Waals surface area contributed by atoms with Gasteiger partial charge in [-0.1, -0.05) is 48.5 Å². The Bertz CT molecular complexity index is 1060. The molecule has 1 aliphatic rings. The SMILES string of the molecule is CCC(=O)N(c1ccccc1)[C@@H]1C[C@H](C)N(C(=O)c2cc(C)no2)c2ccccc21. The lowest BCUT2D eigenvalue weighted by molar-refractivity contribution is -0.118. The minimum absolute atomic E-state index is 0.0545.